The molecule has 0 atom stereocenters. The first-order valence-corrected chi connectivity index (χ1v) is 8.30. The van der Waals surface area contributed by atoms with Crippen molar-refractivity contribution in [1.29, 1.82) is 0 Å². The highest BCUT2D eigenvalue weighted by atomic mass is 16.5. The third-order valence-electron chi connectivity index (χ3n) is 4.32. The molecule has 0 aliphatic carbocycles. The van der Waals surface area contributed by atoms with Gasteiger partial charge < -0.3 is 14.2 Å². The molecule has 0 radical (unpaired) electrons. The van der Waals surface area contributed by atoms with E-state index in [1.807, 2.05) is 30.3 Å². The fourth-order valence-corrected chi connectivity index (χ4v) is 3.01. The van der Waals surface area contributed by atoms with Crippen LogP contribution in [0.25, 0.3) is 33.7 Å². The smallest absolute Gasteiger partial charge is 0.258 e. The van der Waals surface area contributed by atoms with Gasteiger partial charge in [-0.3, -0.25) is 0 Å². The van der Waals surface area contributed by atoms with Crippen molar-refractivity contribution in [2.45, 2.75) is 26.5 Å². The van der Waals surface area contributed by atoms with Gasteiger partial charge in [0.15, 0.2) is 0 Å². The Labute approximate surface area is 145 Å². The lowest BCUT2D eigenvalue weighted by atomic mass is 10.1. The molecule has 0 unspecified atom stereocenters. The third-order valence-corrected chi connectivity index (χ3v) is 4.32. The molecule has 0 aliphatic rings. The summed E-state index contributed by atoms with van der Waals surface area (Å²) in [6.07, 6.45) is 2.10. The van der Waals surface area contributed by atoms with E-state index in [1.54, 1.807) is 0 Å². The number of fused-ring (bicyclic) bond motifs is 1. The zero-order valence-electron chi connectivity index (χ0n) is 14.2. The van der Waals surface area contributed by atoms with Crippen molar-refractivity contribution in [3.8, 4) is 22.8 Å². The number of aliphatic hydroxyl groups excluding tert-OH is 1. The van der Waals surface area contributed by atoms with Crippen LogP contribution >= 0.6 is 0 Å². The Kier molecular flexibility index (Phi) is 3.86. The molecule has 0 bridgehead atoms. The molecule has 0 saturated carbocycles. The normalized spacial score (nSPS) is 11.5. The summed E-state index contributed by atoms with van der Waals surface area (Å²) < 4.78 is 7.69. The maximum absolute atomic E-state index is 9.27. The van der Waals surface area contributed by atoms with E-state index in [0.29, 0.717) is 17.8 Å². The summed E-state index contributed by atoms with van der Waals surface area (Å²) in [6.45, 7) is 4.32. The minimum Gasteiger partial charge on any atom is -0.392 e. The van der Waals surface area contributed by atoms with Crippen LogP contribution in [0.5, 0.6) is 0 Å². The quantitative estimate of drug-likeness (QED) is 0.600. The van der Waals surface area contributed by atoms with Gasteiger partial charge in [-0.25, -0.2) is 0 Å². The molecule has 2 aromatic carbocycles. The van der Waals surface area contributed by atoms with Crippen LogP contribution in [0.15, 0.2) is 59.3 Å². The molecule has 0 aliphatic heterocycles. The Morgan fingerprint density at radius 3 is 2.76 bits per heavy atom. The number of aliphatic hydroxyl groups is 1. The van der Waals surface area contributed by atoms with Gasteiger partial charge >= 0.3 is 0 Å². The van der Waals surface area contributed by atoms with Gasteiger partial charge in [-0.15, -0.1) is 0 Å². The lowest BCUT2D eigenvalue weighted by Gasteiger charge is -2.09. The summed E-state index contributed by atoms with van der Waals surface area (Å²) in [4.78, 5) is 4.51. The molecular formula is C20H19N3O2. The van der Waals surface area contributed by atoms with Gasteiger partial charge in [-0.05, 0) is 49.7 Å². The van der Waals surface area contributed by atoms with Crippen molar-refractivity contribution >= 4 is 10.9 Å². The zero-order valence-corrected chi connectivity index (χ0v) is 14.2. The average Bonchev–Trinajstić information content (AvgIpc) is 3.28. The van der Waals surface area contributed by atoms with E-state index in [0.717, 1.165) is 22.1 Å². The minimum absolute atomic E-state index is 0.0118. The molecule has 126 valence electrons. The molecule has 25 heavy (non-hydrogen) atoms. The van der Waals surface area contributed by atoms with Gasteiger partial charge in [0.05, 0.1) is 6.61 Å². The van der Waals surface area contributed by atoms with E-state index in [4.69, 9.17) is 4.52 Å². The highest BCUT2D eigenvalue weighted by Gasteiger charge is 2.13. The van der Waals surface area contributed by atoms with Crippen LogP contribution in [0, 0.1) is 0 Å². The number of rotatable bonds is 4. The molecule has 5 heteroatoms. The fourth-order valence-electron chi connectivity index (χ4n) is 3.01. The van der Waals surface area contributed by atoms with Crippen LogP contribution in [-0.4, -0.2) is 19.8 Å². The summed E-state index contributed by atoms with van der Waals surface area (Å²) in [5.41, 5.74) is 3.73. The fraction of sp³-hybridized carbons (Fsp3) is 0.200. The largest absolute Gasteiger partial charge is 0.392 e. The van der Waals surface area contributed by atoms with E-state index in [2.05, 4.69) is 53.0 Å². The zero-order chi connectivity index (χ0) is 17.4. The number of nitrogens with zero attached hydrogens (tertiary/aromatic N) is 3. The second-order valence-electron chi connectivity index (χ2n) is 6.37. The molecule has 4 aromatic rings. The number of aromatic nitrogens is 3. The highest BCUT2D eigenvalue weighted by molar-refractivity contribution is 5.84. The maximum atomic E-state index is 9.27. The number of benzene rings is 2. The van der Waals surface area contributed by atoms with Gasteiger partial charge in [0.25, 0.3) is 5.89 Å². The van der Waals surface area contributed by atoms with Crippen LogP contribution in [-0.2, 0) is 6.61 Å². The summed E-state index contributed by atoms with van der Waals surface area (Å²) in [5, 5.41) is 14.5. The molecule has 0 fully saturated rings. The summed E-state index contributed by atoms with van der Waals surface area (Å²) in [5.74, 6) is 1.01. The molecule has 0 saturated heterocycles. The molecule has 0 amide bonds. The van der Waals surface area contributed by atoms with Gasteiger partial charge in [-0.2, -0.15) is 4.98 Å². The summed E-state index contributed by atoms with van der Waals surface area (Å²) in [7, 11) is 0. The van der Waals surface area contributed by atoms with E-state index < -0.39 is 0 Å². The molecule has 1 N–H and O–H groups in total. The summed E-state index contributed by atoms with van der Waals surface area (Å²) in [6, 6.07) is 16.2. The van der Waals surface area contributed by atoms with Gasteiger partial charge in [-0.1, -0.05) is 23.4 Å². The Hall–Kier alpha value is -2.92. The van der Waals surface area contributed by atoms with Crippen molar-refractivity contribution in [1.82, 2.24) is 14.7 Å². The first-order valence-electron chi connectivity index (χ1n) is 8.30. The minimum atomic E-state index is -0.0118. The SMILES string of the molecule is CC(C)n1ccc2cc(-c3nc(-c4cccc(CO)c4)no3)ccc21. The number of hydrogen-bond donors (Lipinski definition) is 1. The number of hydrogen-bond acceptors (Lipinski definition) is 4. The molecule has 2 heterocycles. The third kappa shape index (κ3) is 2.83. The first-order chi connectivity index (χ1) is 12.2. The van der Waals surface area contributed by atoms with Crippen molar-refractivity contribution in [2.75, 3.05) is 0 Å². The lowest BCUT2D eigenvalue weighted by Crippen LogP contribution is -1.97. The average molecular weight is 333 g/mol. The topological polar surface area (TPSA) is 64.1 Å². The molecule has 5 nitrogen and oxygen atoms in total. The maximum Gasteiger partial charge on any atom is 0.258 e. The Morgan fingerprint density at radius 2 is 1.96 bits per heavy atom. The lowest BCUT2D eigenvalue weighted by molar-refractivity contribution is 0.282. The Bertz CT molecular complexity index is 1030. The predicted molar refractivity (Wildman–Crippen MR) is 97.0 cm³/mol. The van der Waals surface area contributed by atoms with Crippen LogP contribution in [0.4, 0.5) is 0 Å². The van der Waals surface area contributed by atoms with E-state index >= 15 is 0 Å². The Balaban J connectivity index is 1.71. The summed E-state index contributed by atoms with van der Waals surface area (Å²) >= 11 is 0. The second kappa shape index (κ2) is 6.18. The molecular weight excluding hydrogens is 314 g/mol. The van der Waals surface area contributed by atoms with Gasteiger partial charge in [0.2, 0.25) is 5.82 Å². The van der Waals surface area contributed by atoms with E-state index in [-0.39, 0.29) is 6.61 Å². The van der Waals surface area contributed by atoms with Gasteiger partial charge in [0.1, 0.15) is 0 Å². The van der Waals surface area contributed by atoms with Crippen molar-refractivity contribution < 1.29 is 9.63 Å². The van der Waals surface area contributed by atoms with Crippen molar-refractivity contribution in [3.05, 3.63) is 60.3 Å². The van der Waals surface area contributed by atoms with Crippen molar-refractivity contribution in [2.24, 2.45) is 0 Å². The molecule has 4 rings (SSSR count). The Morgan fingerprint density at radius 1 is 1.08 bits per heavy atom. The van der Waals surface area contributed by atoms with Crippen LogP contribution in [0.3, 0.4) is 0 Å². The van der Waals surface area contributed by atoms with Crippen LogP contribution in [0.2, 0.25) is 0 Å². The highest BCUT2D eigenvalue weighted by Crippen LogP contribution is 2.27. The second-order valence-corrected chi connectivity index (χ2v) is 6.37. The van der Waals surface area contributed by atoms with E-state index in [1.165, 1.54) is 5.52 Å². The molecule has 2 aromatic heterocycles. The monoisotopic (exact) mass is 333 g/mol. The van der Waals surface area contributed by atoms with E-state index in [9.17, 15) is 5.11 Å². The van der Waals surface area contributed by atoms with Crippen LogP contribution < -0.4 is 0 Å². The molecule has 0 spiro atoms. The van der Waals surface area contributed by atoms with Crippen LogP contribution in [0.1, 0.15) is 25.5 Å². The standard InChI is InChI=1S/C20H19N3O2/c1-13(2)23-9-8-15-11-17(6-7-18(15)23)20-21-19(22-25-20)16-5-3-4-14(10-16)12-24/h3-11,13,24H,12H2,1-2H3. The van der Waals surface area contributed by atoms with Gasteiger partial charge in [0, 0.05) is 34.3 Å². The predicted octanol–water partition coefficient (Wildman–Crippen LogP) is 4.43. The first kappa shape index (κ1) is 15.6. The van der Waals surface area contributed by atoms with Crippen molar-refractivity contribution in [3.63, 3.8) is 0 Å².